The minimum atomic E-state index is -1.00. The van der Waals surface area contributed by atoms with Gasteiger partial charge in [0.25, 0.3) is 5.91 Å². The van der Waals surface area contributed by atoms with Crippen molar-refractivity contribution in [3.8, 4) is 11.4 Å². The summed E-state index contributed by atoms with van der Waals surface area (Å²) < 4.78 is 4.38. The molecule has 3 aromatic heterocycles. The van der Waals surface area contributed by atoms with E-state index in [-0.39, 0.29) is 5.91 Å². The Morgan fingerprint density at radius 2 is 1.82 bits per heavy atom. The number of pyridine rings is 1. The van der Waals surface area contributed by atoms with Gasteiger partial charge in [0.05, 0.1) is 33.0 Å². The van der Waals surface area contributed by atoms with Crippen LogP contribution in [-0.2, 0) is 17.4 Å². The summed E-state index contributed by atoms with van der Waals surface area (Å²) in [5, 5.41) is 13.8. The second-order valence-corrected chi connectivity index (χ2v) is 12.7. The predicted molar refractivity (Wildman–Crippen MR) is 175 cm³/mol. The molecule has 5 aromatic rings. The average Bonchev–Trinajstić information content (AvgIpc) is 3.50. The van der Waals surface area contributed by atoms with E-state index in [0.717, 1.165) is 63.4 Å². The highest BCUT2D eigenvalue weighted by Crippen LogP contribution is 2.40. The summed E-state index contributed by atoms with van der Waals surface area (Å²) >= 11 is 6.18. The lowest BCUT2D eigenvalue weighted by atomic mass is 9.95. The fourth-order valence-electron chi connectivity index (χ4n) is 6.62. The highest BCUT2D eigenvalue weighted by Gasteiger charge is 2.30. The molecule has 2 aromatic carbocycles. The van der Waals surface area contributed by atoms with E-state index in [4.69, 9.17) is 21.7 Å². The van der Waals surface area contributed by atoms with Crippen LogP contribution >= 0.6 is 11.6 Å². The molecule has 6 rings (SSSR count). The van der Waals surface area contributed by atoms with E-state index in [1.807, 2.05) is 67.9 Å². The Bertz CT molecular complexity index is 1930. The lowest BCUT2D eigenvalue weighted by Gasteiger charge is -2.27. The third-order valence-electron chi connectivity index (χ3n) is 8.74. The van der Waals surface area contributed by atoms with E-state index >= 15 is 0 Å². The van der Waals surface area contributed by atoms with Crippen LogP contribution in [0.25, 0.3) is 39.4 Å². The van der Waals surface area contributed by atoms with Crippen molar-refractivity contribution in [3.05, 3.63) is 88.3 Å². The molecule has 2 N–H and O–H groups in total. The molecule has 0 radical (unpaired) electrons. The fourth-order valence-corrected chi connectivity index (χ4v) is 6.73. The fraction of sp³-hybridized carbons (Fsp3) is 0.314. The van der Waals surface area contributed by atoms with Crippen molar-refractivity contribution in [2.75, 3.05) is 0 Å². The molecule has 0 atom stereocenters. The van der Waals surface area contributed by atoms with E-state index in [2.05, 4.69) is 27.9 Å². The Balaban J connectivity index is 1.35. The van der Waals surface area contributed by atoms with Gasteiger partial charge < -0.3 is 19.6 Å². The van der Waals surface area contributed by atoms with Crippen LogP contribution in [0.1, 0.15) is 79.3 Å². The number of benzene rings is 2. The van der Waals surface area contributed by atoms with Gasteiger partial charge in [-0.3, -0.25) is 9.78 Å². The predicted octanol–water partition coefficient (Wildman–Crippen LogP) is 7.82. The number of nitrogens with one attached hydrogen (secondary N) is 1. The Morgan fingerprint density at radius 1 is 1.05 bits per heavy atom. The maximum Gasteiger partial charge on any atom is 0.328 e. The largest absolute Gasteiger partial charge is 0.478 e. The maximum absolute atomic E-state index is 13.8. The number of halogens is 1. The molecule has 1 aliphatic carbocycles. The quantitative estimate of drug-likeness (QED) is 0.183. The molecule has 1 amide bonds. The summed E-state index contributed by atoms with van der Waals surface area (Å²) in [4.78, 5) is 34.2. The molecule has 0 unspecified atom stereocenters. The first-order valence-electron chi connectivity index (χ1n) is 15.0. The number of rotatable bonds is 7. The van der Waals surface area contributed by atoms with Gasteiger partial charge in [-0.2, -0.15) is 0 Å². The van der Waals surface area contributed by atoms with Gasteiger partial charge in [-0.15, -0.1) is 0 Å². The number of carbonyl (C=O) groups is 2. The van der Waals surface area contributed by atoms with Gasteiger partial charge in [-0.05, 0) is 93.3 Å². The molecule has 44 heavy (non-hydrogen) atoms. The first-order valence-corrected chi connectivity index (χ1v) is 15.4. The van der Waals surface area contributed by atoms with Crippen molar-refractivity contribution in [1.29, 1.82) is 0 Å². The third-order valence-corrected chi connectivity index (χ3v) is 8.96. The molecule has 3 heterocycles. The Hall–Kier alpha value is -4.43. The van der Waals surface area contributed by atoms with Gasteiger partial charge in [0.1, 0.15) is 5.82 Å². The van der Waals surface area contributed by atoms with Crippen LogP contribution in [-0.4, -0.2) is 36.1 Å². The van der Waals surface area contributed by atoms with E-state index in [1.54, 1.807) is 12.3 Å². The van der Waals surface area contributed by atoms with E-state index < -0.39 is 11.5 Å². The van der Waals surface area contributed by atoms with Crippen LogP contribution in [0.2, 0.25) is 5.02 Å². The first kappa shape index (κ1) is 29.6. The number of carbonyl (C=O) groups excluding carboxylic acids is 1. The summed E-state index contributed by atoms with van der Waals surface area (Å²) in [6.45, 7) is 5.98. The second kappa shape index (κ2) is 11.6. The Labute approximate surface area is 261 Å². The smallest absolute Gasteiger partial charge is 0.328 e. The minimum Gasteiger partial charge on any atom is -0.478 e. The molecule has 8 nitrogen and oxygen atoms in total. The van der Waals surface area contributed by atoms with E-state index in [9.17, 15) is 9.59 Å². The monoisotopic (exact) mass is 609 g/mol. The van der Waals surface area contributed by atoms with Gasteiger partial charge in [-0.25, -0.2) is 9.78 Å². The minimum absolute atomic E-state index is 0.190. The number of aryl methyl sites for hydroxylation is 2. The molecule has 0 spiro atoms. The first-order chi connectivity index (χ1) is 21.0. The van der Waals surface area contributed by atoms with E-state index in [1.165, 1.54) is 19.3 Å². The zero-order chi connectivity index (χ0) is 31.2. The van der Waals surface area contributed by atoms with Crippen LogP contribution in [0.15, 0.2) is 60.8 Å². The van der Waals surface area contributed by atoms with Gasteiger partial charge in [-0.1, -0.05) is 36.9 Å². The molecule has 1 aliphatic rings. The Kier molecular flexibility index (Phi) is 7.80. The molecule has 1 fully saturated rings. The number of amides is 1. The third kappa shape index (κ3) is 5.50. The lowest BCUT2D eigenvalue weighted by Crippen LogP contribution is -2.42. The van der Waals surface area contributed by atoms with Crippen molar-refractivity contribution < 1.29 is 14.7 Å². The number of imidazole rings is 1. The van der Waals surface area contributed by atoms with Crippen molar-refractivity contribution in [2.45, 2.75) is 64.5 Å². The number of carboxylic acid groups (broad SMARTS) is 1. The molecule has 9 heteroatoms. The summed E-state index contributed by atoms with van der Waals surface area (Å²) in [7, 11) is 1.90. The van der Waals surface area contributed by atoms with Gasteiger partial charge in [0.15, 0.2) is 0 Å². The molecule has 0 aliphatic heterocycles. The summed E-state index contributed by atoms with van der Waals surface area (Å²) in [6, 6.07) is 15.8. The van der Waals surface area contributed by atoms with Crippen LogP contribution < -0.4 is 5.32 Å². The topological polar surface area (TPSA) is 102 Å². The number of aliphatic carboxylic acids is 1. The second-order valence-electron chi connectivity index (χ2n) is 12.2. The number of aromatic nitrogens is 4. The van der Waals surface area contributed by atoms with E-state index in [0.29, 0.717) is 22.5 Å². The summed E-state index contributed by atoms with van der Waals surface area (Å²) in [5.74, 6) is -0.501. The lowest BCUT2D eigenvalue weighted by molar-refractivity contribution is -0.131. The van der Waals surface area contributed by atoms with Crippen molar-refractivity contribution in [3.63, 3.8) is 0 Å². The molecule has 226 valence electrons. The molecular formula is C35H36ClN5O3. The van der Waals surface area contributed by atoms with Gasteiger partial charge in [0.2, 0.25) is 0 Å². The average molecular weight is 610 g/mol. The van der Waals surface area contributed by atoms with Crippen LogP contribution in [0.3, 0.4) is 0 Å². The maximum atomic E-state index is 13.8. The highest BCUT2D eigenvalue weighted by atomic mass is 35.5. The van der Waals surface area contributed by atoms with Crippen LogP contribution in [0, 0.1) is 6.92 Å². The SMILES string of the molecule is Cc1c(-c2ccc(Cl)cn2)n(C2CCCCC2)c2ccc(C(=O)NC(C)(C)c3nc4ccc(C=CC(=O)O)cc4n3C)cc12. The molecule has 1 saturated carbocycles. The van der Waals surface area contributed by atoms with Crippen molar-refractivity contribution in [1.82, 2.24) is 24.4 Å². The number of carboxylic acids is 1. The highest BCUT2D eigenvalue weighted by molar-refractivity contribution is 6.30. The van der Waals surface area contributed by atoms with Crippen LogP contribution in [0.5, 0.6) is 0 Å². The number of nitrogens with zero attached hydrogens (tertiary/aromatic N) is 4. The molecule has 0 bridgehead atoms. The zero-order valence-electron chi connectivity index (χ0n) is 25.4. The van der Waals surface area contributed by atoms with Crippen LogP contribution in [0.4, 0.5) is 0 Å². The van der Waals surface area contributed by atoms with Gasteiger partial charge >= 0.3 is 5.97 Å². The Morgan fingerprint density at radius 3 is 2.52 bits per heavy atom. The summed E-state index contributed by atoms with van der Waals surface area (Å²) in [5.41, 5.74) is 6.32. The number of hydrogen-bond donors (Lipinski definition) is 2. The summed E-state index contributed by atoms with van der Waals surface area (Å²) in [6.07, 6.45) is 10.3. The van der Waals surface area contributed by atoms with Gasteiger partial charge in [0, 0.05) is 41.8 Å². The van der Waals surface area contributed by atoms with Crippen molar-refractivity contribution in [2.24, 2.45) is 7.05 Å². The zero-order valence-corrected chi connectivity index (χ0v) is 26.2. The molecule has 0 saturated heterocycles. The van der Waals surface area contributed by atoms with Crippen molar-refractivity contribution >= 4 is 51.5 Å². The molecular weight excluding hydrogens is 574 g/mol. The number of hydrogen-bond acceptors (Lipinski definition) is 4. The standard InChI is InChI=1S/C35H36ClN5O3/c1-21-26-19-23(12-16-29(26)41(25-8-6-5-7-9-25)32(21)28-15-13-24(36)20-37-28)33(44)39-35(2,3)34-38-27-14-10-22(11-17-31(42)43)18-30(27)40(34)4/h10-20,25H,5-9H2,1-4H3,(H,39,44)(H,42,43). The normalized spacial score (nSPS) is 14.6. The number of fused-ring (bicyclic) bond motifs is 2.